The van der Waals surface area contributed by atoms with Crippen LogP contribution in [0.15, 0.2) is 42.5 Å². The van der Waals surface area contributed by atoms with Crippen LogP contribution in [0.2, 0.25) is 5.02 Å². The molecule has 0 aliphatic carbocycles. The lowest BCUT2D eigenvalue weighted by Gasteiger charge is -2.04. The van der Waals surface area contributed by atoms with Crippen molar-refractivity contribution in [3.63, 3.8) is 0 Å². The van der Waals surface area contributed by atoms with Crippen LogP contribution in [0.5, 0.6) is 0 Å². The topological polar surface area (TPSA) is 43.8 Å². The van der Waals surface area contributed by atoms with E-state index in [4.69, 9.17) is 17.3 Å². The van der Waals surface area contributed by atoms with Crippen LogP contribution in [-0.2, 0) is 13.5 Å². The predicted octanol–water partition coefficient (Wildman–Crippen LogP) is 3.39. The number of nitrogens with zero attached hydrogens (tertiary/aromatic N) is 2. The van der Waals surface area contributed by atoms with Crippen LogP contribution in [0, 0.1) is 0 Å². The van der Waals surface area contributed by atoms with Gasteiger partial charge in [0.25, 0.3) is 0 Å². The zero-order valence-electron chi connectivity index (χ0n) is 11.3. The molecule has 3 aromatic rings. The van der Waals surface area contributed by atoms with Crippen molar-refractivity contribution in [3.8, 4) is 11.4 Å². The number of halogens is 1. The van der Waals surface area contributed by atoms with Crippen molar-refractivity contribution < 1.29 is 0 Å². The van der Waals surface area contributed by atoms with E-state index in [-0.39, 0.29) is 0 Å². The Morgan fingerprint density at radius 2 is 1.90 bits per heavy atom. The molecule has 0 aliphatic rings. The van der Waals surface area contributed by atoms with Crippen LogP contribution in [-0.4, -0.2) is 16.1 Å². The van der Waals surface area contributed by atoms with E-state index in [1.807, 2.05) is 25.2 Å². The second-order valence-electron chi connectivity index (χ2n) is 4.86. The number of nitrogens with two attached hydrogens (primary N) is 1. The minimum Gasteiger partial charge on any atom is -0.330 e. The smallest absolute Gasteiger partial charge is 0.140 e. The maximum Gasteiger partial charge on any atom is 0.140 e. The Labute approximate surface area is 123 Å². The Morgan fingerprint density at radius 3 is 2.60 bits per heavy atom. The number of imidazole rings is 1. The molecule has 0 atom stereocenters. The van der Waals surface area contributed by atoms with E-state index in [2.05, 4.69) is 33.8 Å². The van der Waals surface area contributed by atoms with Crippen LogP contribution < -0.4 is 5.73 Å². The van der Waals surface area contributed by atoms with Gasteiger partial charge in [-0.3, -0.25) is 0 Å². The number of hydrogen-bond acceptors (Lipinski definition) is 2. The quantitative estimate of drug-likeness (QED) is 0.801. The molecule has 0 amide bonds. The minimum atomic E-state index is 0.671. The molecule has 0 radical (unpaired) electrons. The maximum absolute atomic E-state index is 6.05. The number of hydrogen-bond donors (Lipinski definition) is 1. The molecule has 0 unspecified atom stereocenters. The molecule has 4 heteroatoms. The van der Waals surface area contributed by atoms with Gasteiger partial charge in [-0.15, -0.1) is 0 Å². The summed E-state index contributed by atoms with van der Waals surface area (Å²) in [6, 6.07) is 14.1. The van der Waals surface area contributed by atoms with Crippen molar-refractivity contribution in [2.45, 2.75) is 6.42 Å². The third kappa shape index (κ3) is 2.30. The number of aryl methyl sites for hydroxylation is 1. The van der Waals surface area contributed by atoms with Crippen molar-refractivity contribution >= 4 is 22.6 Å². The van der Waals surface area contributed by atoms with E-state index in [0.717, 1.165) is 33.9 Å². The molecule has 0 saturated heterocycles. The van der Waals surface area contributed by atoms with E-state index in [0.29, 0.717) is 6.54 Å². The van der Waals surface area contributed by atoms with E-state index in [1.165, 1.54) is 5.56 Å². The summed E-state index contributed by atoms with van der Waals surface area (Å²) in [5.74, 6) is 0.946. The highest BCUT2D eigenvalue weighted by molar-refractivity contribution is 6.31. The first-order chi connectivity index (χ1) is 9.69. The first kappa shape index (κ1) is 13.2. The molecular weight excluding hydrogens is 270 g/mol. The SMILES string of the molecule is Cn1c(-c2ccc(CCN)cc2)nc2ccc(Cl)cc21. The number of benzene rings is 2. The van der Waals surface area contributed by atoms with Gasteiger partial charge in [0.1, 0.15) is 5.82 Å². The average Bonchev–Trinajstić information content (AvgIpc) is 2.77. The molecule has 0 bridgehead atoms. The van der Waals surface area contributed by atoms with Gasteiger partial charge in [0, 0.05) is 17.6 Å². The normalized spacial score (nSPS) is 11.2. The maximum atomic E-state index is 6.05. The average molecular weight is 286 g/mol. The molecule has 3 rings (SSSR count). The minimum absolute atomic E-state index is 0.671. The summed E-state index contributed by atoms with van der Waals surface area (Å²) in [6.45, 7) is 0.671. The van der Waals surface area contributed by atoms with Gasteiger partial charge in [-0.1, -0.05) is 35.9 Å². The van der Waals surface area contributed by atoms with Crippen LogP contribution in [0.3, 0.4) is 0 Å². The van der Waals surface area contributed by atoms with Crippen molar-refractivity contribution in [2.75, 3.05) is 6.54 Å². The Balaban J connectivity index is 2.07. The summed E-state index contributed by atoms with van der Waals surface area (Å²) >= 11 is 6.05. The lowest BCUT2D eigenvalue weighted by atomic mass is 10.1. The van der Waals surface area contributed by atoms with E-state index in [1.54, 1.807) is 0 Å². The summed E-state index contributed by atoms with van der Waals surface area (Å²) in [5, 5.41) is 0.727. The standard InChI is InChI=1S/C16H16ClN3/c1-20-15-10-13(17)6-7-14(15)19-16(20)12-4-2-11(3-5-12)8-9-18/h2-7,10H,8-9,18H2,1H3. The molecule has 102 valence electrons. The largest absolute Gasteiger partial charge is 0.330 e. The Kier molecular flexibility index (Phi) is 3.47. The predicted molar refractivity (Wildman–Crippen MR) is 83.9 cm³/mol. The molecule has 20 heavy (non-hydrogen) atoms. The molecule has 0 aliphatic heterocycles. The lowest BCUT2D eigenvalue weighted by Crippen LogP contribution is -2.02. The van der Waals surface area contributed by atoms with Crippen molar-refractivity contribution in [2.24, 2.45) is 12.8 Å². The summed E-state index contributed by atoms with van der Waals surface area (Å²) in [4.78, 5) is 4.68. The van der Waals surface area contributed by atoms with Gasteiger partial charge in [-0.05, 0) is 36.7 Å². The number of aromatic nitrogens is 2. The van der Waals surface area contributed by atoms with Crippen LogP contribution in [0.25, 0.3) is 22.4 Å². The fourth-order valence-corrected chi connectivity index (χ4v) is 2.57. The fourth-order valence-electron chi connectivity index (χ4n) is 2.41. The van der Waals surface area contributed by atoms with Gasteiger partial charge in [-0.25, -0.2) is 4.98 Å². The van der Waals surface area contributed by atoms with E-state index >= 15 is 0 Å². The molecule has 0 spiro atoms. The summed E-state index contributed by atoms with van der Waals surface area (Å²) < 4.78 is 2.07. The van der Waals surface area contributed by atoms with Crippen molar-refractivity contribution in [1.82, 2.24) is 9.55 Å². The zero-order chi connectivity index (χ0) is 14.1. The number of rotatable bonds is 3. The van der Waals surface area contributed by atoms with Crippen molar-refractivity contribution in [1.29, 1.82) is 0 Å². The van der Waals surface area contributed by atoms with Gasteiger partial charge >= 0.3 is 0 Å². The summed E-state index contributed by atoms with van der Waals surface area (Å²) in [7, 11) is 2.01. The van der Waals surface area contributed by atoms with Gasteiger partial charge < -0.3 is 10.3 Å². The molecule has 0 saturated carbocycles. The first-order valence-corrected chi connectivity index (χ1v) is 6.98. The van der Waals surface area contributed by atoms with Gasteiger partial charge in [0.15, 0.2) is 0 Å². The third-order valence-corrected chi connectivity index (χ3v) is 3.72. The highest BCUT2D eigenvalue weighted by Crippen LogP contribution is 2.25. The number of fused-ring (bicyclic) bond motifs is 1. The monoisotopic (exact) mass is 285 g/mol. The van der Waals surface area contributed by atoms with Crippen LogP contribution >= 0.6 is 11.6 Å². The second-order valence-corrected chi connectivity index (χ2v) is 5.30. The van der Waals surface area contributed by atoms with Gasteiger partial charge in [0.2, 0.25) is 0 Å². The Morgan fingerprint density at radius 1 is 1.15 bits per heavy atom. The van der Waals surface area contributed by atoms with Crippen LogP contribution in [0.1, 0.15) is 5.56 Å². The van der Waals surface area contributed by atoms with Gasteiger partial charge in [0.05, 0.1) is 11.0 Å². The van der Waals surface area contributed by atoms with Crippen LogP contribution in [0.4, 0.5) is 0 Å². The highest BCUT2D eigenvalue weighted by Gasteiger charge is 2.10. The van der Waals surface area contributed by atoms with Crippen molar-refractivity contribution in [3.05, 3.63) is 53.1 Å². The second kappa shape index (κ2) is 5.27. The highest BCUT2D eigenvalue weighted by atomic mass is 35.5. The summed E-state index contributed by atoms with van der Waals surface area (Å²) in [6.07, 6.45) is 0.901. The Bertz CT molecular complexity index is 744. The van der Waals surface area contributed by atoms with E-state index in [9.17, 15) is 0 Å². The molecule has 0 fully saturated rings. The Hall–Kier alpha value is -1.84. The zero-order valence-corrected chi connectivity index (χ0v) is 12.1. The molecule has 2 aromatic carbocycles. The fraction of sp³-hybridized carbons (Fsp3) is 0.188. The molecule has 2 N–H and O–H groups in total. The third-order valence-electron chi connectivity index (χ3n) is 3.49. The molecule has 1 heterocycles. The molecular formula is C16H16ClN3. The lowest BCUT2D eigenvalue weighted by molar-refractivity contribution is 0.954. The van der Waals surface area contributed by atoms with E-state index < -0.39 is 0 Å². The molecule has 1 aromatic heterocycles. The summed E-state index contributed by atoms with van der Waals surface area (Å²) in [5.41, 5.74) is 9.91. The molecule has 3 nitrogen and oxygen atoms in total. The first-order valence-electron chi connectivity index (χ1n) is 6.60. The van der Waals surface area contributed by atoms with Gasteiger partial charge in [-0.2, -0.15) is 0 Å².